The maximum Gasteiger partial charge on any atom is 0.289 e. The van der Waals surface area contributed by atoms with E-state index < -0.39 is 10.9 Å². The van der Waals surface area contributed by atoms with E-state index in [2.05, 4.69) is 15.4 Å². The van der Waals surface area contributed by atoms with Crippen molar-refractivity contribution in [2.45, 2.75) is 26.2 Å². The lowest BCUT2D eigenvalue weighted by Gasteiger charge is -2.28. The molecule has 0 aliphatic carbocycles. The van der Waals surface area contributed by atoms with E-state index >= 15 is 0 Å². The molecule has 0 bridgehead atoms. The second-order valence-corrected chi connectivity index (χ2v) is 10.4. The van der Waals surface area contributed by atoms with Crippen LogP contribution < -0.4 is 15.4 Å². The summed E-state index contributed by atoms with van der Waals surface area (Å²) < 4.78 is 31.1. The number of rotatable bonds is 5. The Bertz CT molecular complexity index is 1580. The number of carbonyl (C=O) groups is 1. The number of aryl methyl sites for hydroxylation is 1. The molecule has 1 amide bonds. The minimum absolute atomic E-state index is 0.0879. The quantitative estimate of drug-likeness (QED) is 0.298. The van der Waals surface area contributed by atoms with Gasteiger partial charge in [-0.15, -0.1) is 0 Å². The lowest BCUT2D eigenvalue weighted by atomic mass is 10.1. The highest BCUT2D eigenvalue weighted by Gasteiger charge is 2.26. The van der Waals surface area contributed by atoms with Gasteiger partial charge in [-0.05, 0) is 26.2 Å². The van der Waals surface area contributed by atoms with Crippen LogP contribution in [0.1, 0.15) is 35.4 Å². The van der Waals surface area contributed by atoms with Gasteiger partial charge in [0.15, 0.2) is 28.1 Å². The first-order chi connectivity index (χ1) is 19.8. The Hall–Kier alpha value is -4.01. The number of nitrogens with two attached hydrogens (primary N) is 1. The number of furan rings is 1. The Kier molecular flexibility index (Phi) is 8.81. The van der Waals surface area contributed by atoms with Crippen LogP contribution in [0.2, 0.25) is 0 Å². The van der Waals surface area contributed by atoms with Crippen LogP contribution in [0.4, 0.5) is 17.6 Å². The van der Waals surface area contributed by atoms with E-state index in [1.165, 1.54) is 0 Å². The minimum atomic E-state index is -2.62. The number of carbonyl (C=O) groups excluding carboxylic acids is 1. The zero-order valence-corrected chi connectivity index (χ0v) is 24.0. The summed E-state index contributed by atoms with van der Waals surface area (Å²) in [6, 6.07) is 11.8. The summed E-state index contributed by atoms with van der Waals surface area (Å²) >= 11 is 0. The average Bonchev–Trinajstić information content (AvgIpc) is 3.54. The topological polar surface area (TPSA) is 162 Å². The molecule has 3 N–H and O–H groups in total. The van der Waals surface area contributed by atoms with Crippen molar-refractivity contribution in [1.82, 2.24) is 24.6 Å². The molecule has 218 valence electrons. The number of aromatic nitrogens is 4. The fourth-order valence-corrected chi connectivity index (χ4v) is 5.10. The number of benzene rings is 1. The molecule has 0 radical (unpaired) electrons. The number of hydrogen-bond donors (Lipinski definition) is 3. The molecule has 3 aromatic heterocycles. The third-order valence-electron chi connectivity index (χ3n) is 7.08. The summed E-state index contributed by atoms with van der Waals surface area (Å²) in [4.78, 5) is 26.8. The molecule has 41 heavy (non-hydrogen) atoms. The van der Waals surface area contributed by atoms with Crippen LogP contribution in [0.25, 0.3) is 22.4 Å². The normalized spacial score (nSPS) is 15.6. The summed E-state index contributed by atoms with van der Waals surface area (Å²) in [5.41, 5.74) is 4.07. The molecule has 2 saturated heterocycles. The predicted octanol–water partition coefficient (Wildman–Crippen LogP) is 2.61. The van der Waals surface area contributed by atoms with Gasteiger partial charge in [0.1, 0.15) is 11.3 Å². The van der Waals surface area contributed by atoms with Gasteiger partial charge in [0, 0.05) is 50.4 Å². The highest BCUT2D eigenvalue weighted by Crippen LogP contribution is 2.33. The van der Waals surface area contributed by atoms with E-state index in [-0.39, 0.29) is 5.91 Å². The number of thiol groups is 1. The first-order valence-corrected chi connectivity index (χ1v) is 14.7. The van der Waals surface area contributed by atoms with Gasteiger partial charge in [0.05, 0.1) is 18.9 Å². The highest BCUT2D eigenvalue weighted by atomic mass is 32.2. The van der Waals surface area contributed by atoms with Crippen LogP contribution in [0.15, 0.2) is 40.8 Å². The average molecular weight is 583 g/mol. The standard InChI is InChI=1S/C27H31N7O3.H3NO2S/c1-18-22(19-9-5-3-6-10-19)31-32(2)24(18)29-27-28-20-17-21(26(35)34-11-7-4-8-12-34)37-23(20)25(30-27)33-13-15-36-16-14-33;1-4(2)3/h3,5-6,9-10,17H,4,7-8,11-16H2,1-2H3,(H,28,29,30);4H,(H2,1,2,3). The Balaban J connectivity index is 0.000000794. The maximum atomic E-state index is 13.2. The molecular formula is C27H34N8O5S. The summed E-state index contributed by atoms with van der Waals surface area (Å²) in [6.07, 6.45) is 3.20. The van der Waals surface area contributed by atoms with Gasteiger partial charge in [-0.3, -0.25) is 9.48 Å². The SMILES string of the molecule is Cc1c(-c2ccccc2)nn(C)c1Nc1nc(N2CCOCC2)c2oc(C(=O)N3CCCCC3)cc2n1.N[SH](=O)=O. The molecule has 13 nitrogen and oxygen atoms in total. The number of fused-ring (bicyclic) bond motifs is 1. The smallest absolute Gasteiger partial charge is 0.289 e. The molecule has 2 aliphatic rings. The van der Waals surface area contributed by atoms with Crippen molar-refractivity contribution in [3.63, 3.8) is 0 Å². The van der Waals surface area contributed by atoms with E-state index in [0.717, 1.165) is 55.0 Å². The van der Waals surface area contributed by atoms with Crippen LogP contribution in [0.5, 0.6) is 0 Å². The highest BCUT2D eigenvalue weighted by molar-refractivity contribution is 7.69. The Labute approximate surface area is 239 Å². The van der Waals surface area contributed by atoms with Gasteiger partial charge in [-0.25, -0.2) is 18.5 Å². The monoisotopic (exact) mass is 582 g/mol. The Morgan fingerprint density at radius 2 is 1.71 bits per heavy atom. The molecule has 2 aliphatic heterocycles. The van der Waals surface area contributed by atoms with Crippen molar-refractivity contribution >= 4 is 45.5 Å². The number of hydrogen-bond acceptors (Lipinski definition) is 10. The number of nitrogens with one attached hydrogen (secondary N) is 1. The summed E-state index contributed by atoms with van der Waals surface area (Å²) in [5.74, 6) is 2.12. The van der Waals surface area contributed by atoms with Crippen LogP contribution in [0, 0.1) is 6.92 Å². The molecule has 6 rings (SSSR count). The van der Waals surface area contributed by atoms with Crippen molar-refractivity contribution in [1.29, 1.82) is 0 Å². The fraction of sp³-hybridized carbons (Fsp3) is 0.407. The van der Waals surface area contributed by atoms with Crippen molar-refractivity contribution < 1.29 is 22.4 Å². The van der Waals surface area contributed by atoms with Crippen molar-refractivity contribution in [2.75, 3.05) is 49.6 Å². The second-order valence-electron chi connectivity index (χ2n) is 9.87. The number of nitrogens with zero attached hydrogens (tertiary/aromatic N) is 6. The Morgan fingerprint density at radius 3 is 2.39 bits per heavy atom. The molecule has 0 atom stereocenters. The van der Waals surface area contributed by atoms with Gasteiger partial charge >= 0.3 is 0 Å². The predicted molar refractivity (Wildman–Crippen MR) is 156 cm³/mol. The summed E-state index contributed by atoms with van der Waals surface area (Å²) in [6.45, 7) is 6.13. The van der Waals surface area contributed by atoms with E-state index in [9.17, 15) is 4.79 Å². The van der Waals surface area contributed by atoms with Gasteiger partial charge in [0.25, 0.3) is 5.91 Å². The van der Waals surface area contributed by atoms with Gasteiger partial charge < -0.3 is 24.3 Å². The molecule has 0 saturated carbocycles. The molecule has 0 unspecified atom stereocenters. The largest absolute Gasteiger partial charge is 0.445 e. The molecule has 4 aromatic rings. The molecule has 1 aromatic carbocycles. The summed E-state index contributed by atoms with van der Waals surface area (Å²) in [7, 11) is -0.721. The number of anilines is 3. The molecule has 0 spiro atoms. The maximum absolute atomic E-state index is 13.2. The molecule has 14 heteroatoms. The first kappa shape index (κ1) is 28.5. The molecule has 2 fully saturated rings. The number of piperidine rings is 1. The van der Waals surface area contributed by atoms with Crippen LogP contribution in [-0.4, -0.2) is 78.4 Å². The van der Waals surface area contributed by atoms with Crippen molar-refractivity contribution in [3.8, 4) is 11.3 Å². The number of amides is 1. The van der Waals surface area contributed by atoms with Crippen molar-refractivity contribution in [3.05, 3.63) is 47.7 Å². The number of ether oxygens (including phenoxy) is 1. The number of likely N-dealkylation sites (tertiary alicyclic amines) is 1. The molecule has 5 heterocycles. The third-order valence-corrected chi connectivity index (χ3v) is 7.08. The lowest BCUT2D eigenvalue weighted by Crippen LogP contribution is -2.37. The van der Waals surface area contributed by atoms with E-state index in [0.29, 0.717) is 54.9 Å². The van der Waals surface area contributed by atoms with E-state index in [1.54, 1.807) is 10.7 Å². The lowest BCUT2D eigenvalue weighted by molar-refractivity contribution is 0.0694. The van der Waals surface area contributed by atoms with Crippen LogP contribution >= 0.6 is 0 Å². The summed E-state index contributed by atoms with van der Waals surface area (Å²) in [5, 5.41) is 12.2. The van der Waals surface area contributed by atoms with Crippen LogP contribution in [0.3, 0.4) is 0 Å². The fourth-order valence-electron chi connectivity index (χ4n) is 5.10. The van der Waals surface area contributed by atoms with E-state index in [1.807, 2.05) is 49.2 Å². The molecular weight excluding hydrogens is 548 g/mol. The first-order valence-electron chi connectivity index (χ1n) is 13.5. The minimum Gasteiger partial charge on any atom is -0.445 e. The Morgan fingerprint density at radius 1 is 1.02 bits per heavy atom. The zero-order chi connectivity index (χ0) is 28.9. The van der Waals surface area contributed by atoms with E-state index in [4.69, 9.17) is 32.6 Å². The second kappa shape index (κ2) is 12.7. The van der Waals surface area contributed by atoms with Gasteiger partial charge in [0.2, 0.25) is 5.95 Å². The van der Waals surface area contributed by atoms with Crippen LogP contribution in [-0.2, 0) is 22.7 Å². The zero-order valence-electron chi connectivity index (χ0n) is 23.1. The third kappa shape index (κ3) is 6.50. The number of morpholine rings is 1. The van der Waals surface area contributed by atoms with Crippen molar-refractivity contribution in [2.24, 2.45) is 12.2 Å². The van der Waals surface area contributed by atoms with Gasteiger partial charge in [-0.1, -0.05) is 30.3 Å². The van der Waals surface area contributed by atoms with Gasteiger partial charge in [-0.2, -0.15) is 10.1 Å².